The molecule has 6 heteroatoms. The minimum absolute atomic E-state index is 0.130. The third-order valence-corrected chi connectivity index (χ3v) is 6.19. The standard InChI is InChI=1S/C17H24N4OS/c1-13-14(12-19-20(13)3)4-5-15(22)21-9-6-17(2,7-10-21)16-18-8-11-23-16/h8,11-12H,4-7,9-10H2,1-3H3. The fourth-order valence-electron chi connectivity index (χ4n) is 3.17. The van der Waals surface area contributed by atoms with Crippen LogP contribution in [0, 0.1) is 6.92 Å². The quantitative estimate of drug-likeness (QED) is 0.865. The van der Waals surface area contributed by atoms with Crippen molar-refractivity contribution in [3.8, 4) is 0 Å². The second-order valence-corrected chi connectivity index (χ2v) is 7.55. The first-order valence-corrected chi connectivity index (χ1v) is 9.03. The fraction of sp³-hybridized carbons (Fsp3) is 0.588. The summed E-state index contributed by atoms with van der Waals surface area (Å²) >= 11 is 1.73. The SMILES string of the molecule is Cc1c(CCC(=O)N2CCC(C)(c3nccs3)CC2)cnn1C. The first kappa shape index (κ1) is 16.2. The van der Waals surface area contributed by atoms with Gasteiger partial charge in [-0.05, 0) is 31.7 Å². The first-order chi connectivity index (χ1) is 11.0. The number of hydrogen-bond acceptors (Lipinski definition) is 4. The summed E-state index contributed by atoms with van der Waals surface area (Å²) in [5.74, 6) is 0.259. The van der Waals surface area contributed by atoms with Gasteiger partial charge < -0.3 is 4.90 Å². The molecular weight excluding hydrogens is 308 g/mol. The minimum atomic E-state index is 0.130. The van der Waals surface area contributed by atoms with E-state index < -0.39 is 0 Å². The molecule has 1 aliphatic rings. The molecule has 1 amide bonds. The van der Waals surface area contributed by atoms with E-state index in [2.05, 4.69) is 17.0 Å². The number of amides is 1. The number of thiazole rings is 1. The highest BCUT2D eigenvalue weighted by atomic mass is 32.1. The van der Waals surface area contributed by atoms with Crippen LogP contribution in [0.5, 0.6) is 0 Å². The van der Waals surface area contributed by atoms with E-state index in [0.29, 0.717) is 6.42 Å². The maximum absolute atomic E-state index is 12.5. The van der Waals surface area contributed by atoms with Crippen molar-refractivity contribution in [1.29, 1.82) is 0 Å². The number of rotatable bonds is 4. The fourth-order valence-corrected chi connectivity index (χ4v) is 4.04. The summed E-state index contributed by atoms with van der Waals surface area (Å²) in [7, 11) is 1.94. The van der Waals surface area contributed by atoms with Gasteiger partial charge in [0.25, 0.3) is 0 Å². The van der Waals surface area contributed by atoms with Crippen LogP contribution in [0.3, 0.4) is 0 Å². The van der Waals surface area contributed by atoms with Gasteiger partial charge >= 0.3 is 0 Å². The lowest BCUT2D eigenvalue weighted by molar-refractivity contribution is -0.132. The van der Waals surface area contributed by atoms with E-state index in [1.165, 1.54) is 10.6 Å². The van der Waals surface area contributed by atoms with Gasteiger partial charge in [0, 0.05) is 49.2 Å². The normalized spacial score (nSPS) is 17.4. The number of hydrogen-bond donors (Lipinski definition) is 0. The lowest BCUT2D eigenvalue weighted by Gasteiger charge is -2.38. The Bertz CT molecular complexity index is 669. The zero-order valence-electron chi connectivity index (χ0n) is 14.1. The first-order valence-electron chi connectivity index (χ1n) is 8.15. The molecule has 0 unspecified atom stereocenters. The molecule has 2 aromatic rings. The van der Waals surface area contributed by atoms with Crippen LogP contribution >= 0.6 is 11.3 Å². The second-order valence-electron chi connectivity index (χ2n) is 6.66. The summed E-state index contributed by atoms with van der Waals surface area (Å²) < 4.78 is 1.86. The van der Waals surface area contributed by atoms with E-state index in [4.69, 9.17) is 0 Å². The van der Waals surface area contributed by atoms with Crippen LogP contribution < -0.4 is 0 Å². The summed E-state index contributed by atoms with van der Waals surface area (Å²) in [5, 5.41) is 7.48. The molecule has 0 atom stereocenters. The Kier molecular flexibility index (Phi) is 4.53. The van der Waals surface area contributed by atoms with Gasteiger partial charge in [-0.1, -0.05) is 6.92 Å². The predicted molar refractivity (Wildman–Crippen MR) is 91.5 cm³/mol. The zero-order valence-corrected chi connectivity index (χ0v) is 14.9. The lowest BCUT2D eigenvalue weighted by atomic mass is 9.81. The molecular formula is C17H24N4OS. The minimum Gasteiger partial charge on any atom is -0.343 e. The Labute approximate surface area is 141 Å². The Morgan fingerprint density at radius 1 is 1.39 bits per heavy atom. The molecule has 3 rings (SSSR count). The maximum atomic E-state index is 12.5. The number of likely N-dealkylation sites (tertiary alicyclic amines) is 1. The van der Waals surface area contributed by atoms with Crippen LogP contribution in [0.2, 0.25) is 0 Å². The molecule has 124 valence electrons. The summed E-state index contributed by atoms with van der Waals surface area (Å²) in [5.41, 5.74) is 2.45. The number of nitrogens with zero attached hydrogens (tertiary/aromatic N) is 4. The molecule has 2 aromatic heterocycles. The van der Waals surface area contributed by atoms with E-state index in [-0.39, 0.29) is 11.3 Å². The van der Waals surface area contributed by atoms with Crippen molar-refractivity contribution >= 4 is 17.2 Å². The molecule has 0 aliphatic carbocycles. The number of aromatic nitrogens is 3. The van der Waals surface area contributed by atoms with Gasteiger partial charge in [0.05, 0.1) is 11.2 Å². The van der Waals surface area contributed by atoms with Crippen LogP contribution in [0.1, 0.15) is 42.5 Å². The molecule has 0 spiro atoms. The van der Waals surface area contributed by atoms with Gasteiger partial charge in [0.1, 0.15) is 0 Å². The van der Waals surface area contributed by atoms with Crippen molar-refractivity contribution in [3.05, 3.63) is 34.0 Å². The van der Waals surface area contributed by atoms with Gasteiger partial charge in [0.2, 0.25) is 5.91 Å². The third kappa shape index (κ3) is 3.32. The lowest BCUT2D eigenvalue weighted by Crippen LogP contribution is -2.44. The number of aryl methyl sites for hydroxylation is 2. The maximum Gasteiger partial charge on any atom is 0.222 e. The van der Waals surface area contributed by atoms with Crippen molar-refractivity contribution in [3.63, 3.8) is 0 Å². The predicted octanol–water partition coefficient (Wildman–Crippen LogP) is 2.70. The van der Waals surface area contributed by atoms with E-state index in [1.54, 1.807) is 11.3 Å². The van der Waals surface area contributed by atoms with E-state index in [1.807, 2.05) is 41.3 Å². The number of carbonyl (C=O) groups excluding carboxylic acids is 1. The highest BCUT2D eigenvalue weighted by Crippen LogP contribution is 2.36. The smallest absolute Gasteiger partial charge is 0.222 e. The van der Waals surface area contributed by atoms with Crippen molar-refractivity contribution in [1.82, 2.24) is 19.7 Å². The van der Waals surface area contributed by atoms with Gasteiger partial charge in [-0.25, -0.2) is 4.98 Å². The zero-order chi connectivity index (χ0) is 16.4. The highest BCUT2D eigenvalue weighted by Gasteiger charge is 2.35. The summed E-state index contributed by atoms with van der Waals surface area (Å²) in [4.78, 5) is 19.0. The molecule has 5 nitrogen and oxygen atoms in total. The summed E-state index contributed by atoms with van der Waals surface area (Å²) in [6.07, 6.45) is 7.09. The van der Waals surface area contributed by atoms with Crippen molar-refractivity contribution in [2.75, 3.05) is 13.1 Å². The van der Waals surface area contributed by atoms with E-state index >= 15 is 0 Å². The Balaban J connectivity index is 1.53. The van der Waals surface area contributed by atoms with Crippen molar-refractivity contribution in [2.45, 2.75) is 44.9 Å². The van der Waals surface area contributed by atoms with E-state index in [9.17, 15) is 4.79 Å². The topological polar surface area (TPSA) is 51.0 Å². The average molecular weight is 332 g/mol. The molecule has 0 N–H and O–H groups in total. The highest BCUT2D eigenvalue weighted by molar-refractivity contribution is 7.09. The molecule has 1 saturated heterocycles. The van der Waals surface area contributed by atoms with Crippen LogP contribution in [0.15, 0.2) is 17.8 Å². The van der Waals surface area contributed by atoms with Gasteiger partial charge in [0.15, 0.2) is 0 Å². The number of piperidine rings is 1. The molecule has 1 fully saturated rings. The number of carbonyl (C=O) groups is 1. The van der Waals surface area contributed by atoms with Crippen molar-refractivity contribution < 1.29 is 4.79 Å². The molecule has 0 aromatic carbocycles. The van der Waals surface area contributed by atoms with Crippen LogP contribution in [-0.2, 0) is 23.7 Å². The monoisotopic (exact) mass is 332 g/mol. The van der Waals surface area contributed by atoms with Crippen LogP contribution in [0.4, 0.5) is 0 Å². The Hall–Kier alpha value is -1.69. The summed E-state index contributed by atoms with van der Waals surface area (Å²) in [6.45, 7) is 5.99. The van der Waals surface area contributed by atoms with Gasteiger partial charge in [-0.2, -0.15) is 5.10 Å². The molecule has 0 bridgehead atoms. The molecule has 3 heterocycles. The van der Waals surface area contributed by atoms with E-state index in [0.717, 1.165) is 38.0 Å². The van der Waals surface area contributed by atoms with Gasteiger partial charge in [-0.15, -0.1) is 11.3 Å². The molecule has 0 radical (unpaired) electrons. The average Bonchev–Trinajstić information content (AvgIpc) is 3.18. The third-order valence-electron chi connectivity index (χ3n) is 5.11. The van der Waals surface area contributed by atoms with Crippen molar-refractivity contribution in [2.24, 2.45) is 7.05 Å². The largest absolute Gasteiger partial charge is 0.343 e. The second kappa shape index (κ2) is 6.43. The molecule has 1 aliphatic heterocycles. The summed E-state index contributed by atoms with van der Waals surface area (Å²) in [6, 6.07) is 0. The van der Waals surface area contributed by atoms with Crippen LogP contribution in [-0.4, -0.2) is 38.7 Å². The Morgan fingerprint density at radius 3 is 2.70 bits per heavy atom. The Morgan fingerprint density at radius 2 is 2.13 bits per heavy atom. The van der Waals surface area contributed by atoms with Crippen LogP contribution in [0.25, 0.3) is 0 Å². The molecule has 0 saturated carbocycles. The molecule has 23 heavy (non-hydrogen) atoms. The van der Waals surface area contributed by atoms with Gasteiger partial charge in [-0.3, -0.25) is 9.48 Å².